The number of cyclic esters (lactones) is 1. The van der Waals surface area contributed by atoms with E-state index in [9.17, 15) is 14.7 Å². The van der Waals surface area contributed by atoms with E-state index in [1.165, 1.54) is 24.8 Å². The first-order valence-electron chi connectivity index (χ1n) is 10.8. The smallest absolute Gasteiger partial charge is 0.308 e. The molecule has 0 radical (unpaired) electrons. The van der Waals surface area contributed by atoms with Crippen molar-refractivity contribution in [3.63, 3.8) is 0 Å². The van der Waals surface area contributed by atoms with Gasteiger partial charge in [0.2, 0.25) is 0 Å². The minimum Gasteiger partial charge on any atom is -0.481 e. The van der Waals surface area contributed by atoms with E-state index in [1.54, 1.807) is 6.92 Å². The van der Waals surface area contributed by atoms with Gasteiger partial charge >= 0.3 is 11.9 Å². The van der Waals surface area contributed by atoms with Gasteiger partial charge in [0.05, 0.1) is 18.4 Å². The van der Waals surface area contributed by atoms with Crippen LogP contribution >= 0.6 is 0 Å². The summed E-state index contributed by atoms with van der Waals surface area (Å²) >= 11 is 0. The third-order valence-corrected chi connectivity index (χ3v) is 6.40. The molecule has 0 aromatic heterocycles. The summed E-state index contributed by atoms with van der Waals surface area (Å²) in [5.41, 5.74) is 1.52. The maximum absolute atomic E-state index is 11.4. The molecule has 3 unspecified atom stereocenters. The molecule has 0 aromatic rings. The van der Waals surface area contributed by atoms with Crippen molar-refractivity contribution in [3.8, 4) is 0 Å². The lowest BCUT2D eigenvalue weighted by molar-refractivity contribution is -0.160. The predicted molar refractivity (Wildman–Crippen MR) is 109 cm³/mol. The van der Waals surface area contributed by atoms with Gasteiger partial charge in [0, 0.05) is 6.42 Å². The topological polar surface area (TPSA) is 83.8 Å². The van der Waals surface area contributed by atoms with Crippen LogP contribution < -0.4 is 0 Å². The molecule has 1 heterocycles. The van der Waals surface area contributed by atoms with Crippen molar-refractivity contribution >= 4 is 11.9 Å². The number of rotatable bonds is 5. The van der Waals surface area contributed by atoms with Gasteiger partial charge in [-0.2, -0.15) is 0 Å². The average molecular weight is 393 g/mol. The van der Waals surface area contributed by atoms with E-state index >= 15 is 0 Å². The Morgan fingerprint density at radius 2 is 2.11 bits per heavy atom. The summed E-state index contributed by atoms with van der Waals surface area (Å²) in [4.78, 5) is 21.4. The van der Waals surface area contributed by atoms with Crippen LogP contribution in [0.4, 0.5) is 0 Å². The fourth-order valence-corrected chi connectivity index (χ4v) is 4.40. The van der Waals surface area contributed by atoms with Crippen LogP contribution in [-0.2, 0) is 14.3 Å². The second-order valence-corrected chi connectivity index (χ2v) is 8.55. The number of hydrogen-bond acceptors (Lipinski definition) is 4. The number of carbonyl (C=O) groups excluding carboxylic acids is 1. The Morgan fingerprint density at radius 3 is 2.71 bits per heavy atom. The van der Waals surface area contributed by atoms with Crippen molar-refractivity contribution in [1.82, 2.24) is 0 Å². The van der Waals surface area contributed by atoms with Crippen LogP contribution in [-0.4, -0.2) is 34.4 Å². The van der Waals surface area contributed by atoms with Gasteiger partial charge in [-0.1, -0.05) is 39.0 Å². The van der Waals surface area contributed by atoms with Crippen LogP contribution in [0.25, 0.3) is 0 Å². The first-order chi connectivity index (χ1) is 13.3. The molecule has 6 atom stereocenters. The van der Waals surface area contributed by atoms with Crippen molar-refractivity contribution in [1.29, 1.82) is 0 Å². The van der Waals surface area contributed by atoms with E-state index in [1.807, 2.05) is 6.92 Å². The molecule has 5 nitrogen and oxygen atoms in total. The van der Waals surface area contributed by atoms with Gasteiger partial charge in [0.1, 0.15) is 6.10 Å². The number of allylic oxidation sites excluding steroid dienone is 4. The summed E-state index contributed by atoms with van der Waals surface area (Å²) in [6, 6.07) is 0. The molecule has 0 spiro atoms. The molecule has 1 fully saturated rings. The molecule has 3 rings (SSSR count). The third-order valence-electron chi connectivity index (χ3n) is 6.40. The second-order valence-electron chi connectivity index (χ2n) is 8.55. The summed E-state index contributed by atoms with van der Waals surface area (Å²) < 4.78 is 5.39. The lowest BCUT2D eigenvalue weighted by atomic mass is 9.68. The number of carboxylic acids is 1. The standard InChI is InChI=1S/C18H26O3.C5H10O2/c1-12-6-7-13-4-2-3-5-17(13)16(12)9-8-15-10-14(19)11-18(20)21-15;1-3-4(2)5(6)7/h4,6-7,12,14-17,19H,2-3,5,8-11H2,1H3;4H,3H2,1-2H3,(H,6,7)/t12?,14-,15-,16?,17+;/m1./s1. The summed E-state index contributed by atoms with van der Waals surface area (Å²) in [5.74, 6) is 0.799. The molecular weight excluding hydrogens is 356 g/mol. The number of aliphatic hydroxyl groups excluding tert-OH is 1. The maximum Gasteiger partial charge on any atom is 0.308 e. The number of carboxylic acid groups (broad SMARTS) is 1. The van der Waals surface area contributed by atoms with Gasteiger partial charge in [-0.15, -0.1) is 0 Å². The van der Waals surface area contributed by atoms with Gasteiger partial charge < -0.3 is 14.9 Å². The first-order valence-corrected chi connectivity index (χ1v) is 10.8. The normalized spacial score (nSPS) is 32.9. The average Bonchev–Trinajstić information content (AvgIpc) is 2.66. The van der Waals surface area contributed by atoms with Crippen molar-refractivity contribution in [3.05, 3.63) is 23.8 Å². The lowest BCUT2D eigenvalue weighted by Crippen LogP contribution is -2.34. The van der Waals surface area contributed by atoms with E-state index in [0.717, 1.165) is 19.3 Å². The van der Waals surface area contributed by atoms with Crippen LogP contribution in [0.2, 0.25) is 0 Å². The fraction of sp³-hybridized carbons (Fsp3) is 0.739. The highest BCUT2D eigenvalue weighted by Gasteiger charge is 2.34. The zero-order chi connectivity index (χ0) is 20.7. The number of esters is 1. The Labute approximate surface area is 168 Å². The molecule has 158 valence electrons. The zero-order valence-corrected chi connectivity index (χ0v) is 17.5. The number of aliphatic carboxylic acids is 1. The summed E-state index contributed by atoms with van der Waals surface area (Å²) in [6.07, 6.45) is 13.7. The van der Waals surface area contributed by atoms with Gasteiger partial charge in [-0.05, 0) is 61.9 Å². The molecule has 0 amide bonds. The van der Waals surface area contributed by atoms with Crippen LogP contribution in [0.5, 0.6) is 0 Å². The highest BCUT2D eigenvalue weighted by atomic mass is 16.5. The van der Waals surface area contributed by atoms with Gasteiger partial charge in [-0.3, -0.25) is 9.59 Å². The molecule has 0 aromatic carbocycles. The van der Waals surface area contributed by atoms with E-state index < -0.39 is 12.1 Å². The SMILES string of the molecule is CC1C=CC2=CCCC[C@@H]2C1CC[C@@H]1C[C@@H](O)CC(=O)O1.CCC(C)C(=O)O. The van der Waals surface area contributed by atoms with Gasteiger partial charge in [-0.25, -0.2) is 0 Å². The Bertz CT molecular complexity index is 594. The second kappa shape index (κ2) is 10.8. The number of hydrogen-bond donors (Lipinski definition) is 2. The number of ether oxygens (including phenoxy) is 1. The summed E-state index contributed by atoms with van der Waals surface area (Å²) in [5, 5.41) is 17.9. The van der Waals surface area contributed by atoms with Crippen LogP contribution in [0.15, 0.2) is 23.8 Å². The highest BCUT2D eigenvalue weighted by Crippen LogP contribution is 2.42. The fourth-order valence-electron chi connectivity index (χ4n) is 4.40. The predicted octanol–water partition coefficient (Wildman–Crippen LogP) is 4.50. The highest BCUT2D eigenvalue weighted by molar-refractivity contribution is 5.71. The van der Waals surface area contributed by atoms with E-state index in [4.69, 9.17) is 9.84 Å². The molecule has 3 aliphatic rings. The number of aliphatic hydroxyl groups is 1. The zero-order valence-electron chi connectivity index (χ0n) is 17.5. The van der Waals surface area contributed by atoms with E-state index in [-0.39, 0.29) is 24.4 Å². The van der Waals surface area contributed by atoms with Crippen LogP contribution in [0.1, 0.15) is 72.1 Å². The van der Waals surface area contributed by atoms with Crippen molar-refractivity contribution in [2.24, 2.45) is 23.7 Å². The first kappa shape index (κ1) is 22.7. The van der Waals surface area contributed by atoms with Gasteiger partial charge in [0.25, 0.3) is 0 Å². The van der Waals surface area contributed by atoms with Crippen LogP contribution in [0, 0.1) is 23.7 Å². The quantitative estimate of drug-likeness (QED) is 0.673. The van der Waals surface area contributed by atoms with E-state index in [0.29, 0.717) is 24.2 Å². The van der Waals surface area contributed by atoms with Crippen LogP contribution in [0.3, 0.4) is 0 Å². The molecule has 0 bridgehead atoms. The molecular formula is C23H36O5. The largest absolute Gasteiger partial charge is 0.481 e. The molecule has 1 saturated heterocycles. The summed E-state index contributed by atoms with van der Waals surface area (Å²) in [6.45, 7) is 5.86. The van der Waals surface area contributed by atoms with Crippen molar-refractivity contribution in [2.45, 2.75) is 84.3 Å². The minimum atomic E-state index is -0.706. The lowest BCUT2D eigenvalue weighted by Gasteiger charge is -2.38. The molecule has 1 aliphatic heterocycles. The Hall–Kier alpha value is -1.62. The minimum absolute atomic E-state index is 0.0876. The molecule has 28 heavy (non-hydrogen) atoms. The monoisotopic (exact) mass is 392 g/mol. The third kappa shape index (κ3) is 6.47. The molecule has 2 N–H and O–H groups in total. The molecule has 0 saturated carbocycles. The van der Waals surface area contributed by atoms with Crippen molar-refractivity contribution < 1.29 is 24.5 Å². The maximum atomic E-state index is 11.4. The summed E-state index contributed by atoms with van der Waals surface area (Å²) in [7, 11) is 0. The number of carbonyl (C=O) groups is 2. The number of fused-ring (bicyclic) bond motifs is 1. The van der Waals surface area contributed by atoms with E-state index in [2.05, 4.69) is 25.2 Å². The Balaban J connectivity index is 0.000000345. The van der Waals surface area contributed by atoms with Gasteiger partial charge in [0.15, 0.2) is 0 Å². The van der Waals surface area contributed by atoms with Crippen molar-refractivity contribution in [2.75, 3.05) is 0 Å². The Morgan fingerprint density at radius 1 is 1.36 bits per heavy atom. The molecule has 5 heteroatoms. The Kier molecular flexibility index (Phi) is 8.74. The molecule has 2 aliphatic carbocycles.